The van der Waals surface area contributed by atoms with E-state index in [1.54, 1.807) is 6.07 Å². The first-order valence-corrected chi connectivity index (χ1v) is 9.42. The van der Waals surface area contributed by atoms with E-state index in [9.17, 15) is 10.0 Å². The topological polar surface area (TPSA) is 73.0 Å². The molecule has 140 valence electrons. The summed E-state index contributed by atoms with van der Waals surface area (Å²) in [5, 5.41) is 18.4. The van der Waals surface area contributed by atoms with Gasteiger partial charge in [-0.25, -0.2) is 0 Å². The van der Waals surface area contributed by atoms with Crippen molar-refractivity contribution in [3.63, 3.8) is 0 Å². The van der Waals surface area contributed by atoms with Gasteiger partial charge in [-0.3, -0.25) is 9.80 Å². The maximum atomic E-state index is 9.21. The van der Waals surface area contributed by atoms with Crippen LogP contribution in [0.3, 0.4) is 0 Å². The molecule has 6 heteroatoms. The summed E-state index contributed by atoms with van der Waals surface area (Å²) < 4.78 is 0. The summed E-state index contributed by atoms with van der Waals surface area (Å²) in [5.74, 6) is 0.912. The zero-order valence-electron chi connectivity index (χ0n) is 16.0. The van der Waals surface area contributed by atoms with E-state index in [0.717, 1.165) is 50.7 Å². The fourth-order valence-electron chi connectivity index (χ4n) is 3.04. The second kappa shape index (κ2) is 9.15. The molecule has 1 saturated carbocycles. The Morgan fingerprint density at radius 1 is 1.12 bits per heavy atom. The number of hydrogen-bond donors (Lipinski definition) is 3. The molecule has 25 heavy (non-hydrogen) atoms. The lowest BCUT2D eigenvalue weighted by Gasteiger charge is -2.42. The van der Waals surface area contributed by atoms with Crippen molar-refractivity contribution < 1.29 is 10.0 Å². The molecule has 0 spiro atoms. The number of nitrogens with two attached hydrogens (primary N) is 1. The molecular formula is C19H34BN3O2. The van der Waals surface area contributed by atoms with Crippen LogP contribution >= 0.6 is 0 Å². The van der Waals surface area contributed by atoms with Gasteiger partial charge in [-0.05, 0) is 57.1 Å². The minimum atomic E-state index is -1.38. The molecule has 0 bridgehead atoms. The number of hydrogen-bond acceptors (Lipinski definition) is 5. The van der Waals surface area contributed by atoms with Gasteiger partial charge < -0.3 is 15.8 Å². The molecule has 4 N–H and O–H groups in total. The lowest BCUT2D eigenvalue weighted by molar-refractivity contribution is 0.0591. The molecule has 1 heterocycles. The predicted octanol–water partition coefficient (Wildman–Crippen LogP) is 0.638. The van der Waals surface area contributed by atoms with Crippen LogP contribution in [-0.4, -0.2) is 65.2 Å². The Bertz CT molecular complexity index is 522. The minimum absolute atomic E-state index is 0.243. The van der Waals surface area contributed by atoms with Gasteiger partial charge in [0.15, 0.2) is 0 Å². The van der Waals surface area contributed by atoms with E-state index in [1.165, 1.54) is 12.8 Å². The molecule has 0 atom stereocenters. The van der Waals surface area contributed by atoms with Crippen molar-refractivity contribution in [2.24, 2.45) is 11.7 Å². The van der Waals surface area contributed by atoms with Crippen LogP contribution in [0.2, 0.25) is 0 Å². The van der Waals surface area contributed by atoms with Gasteiger partial charge in [0, 0.05) is 38.3 Å². The van der Waals surface area contributed by atoms with Crippen LogP contribution in [0.4, 0.5) is 0 Å². The van der Waals surface area contributed by atoms with Gasteiger partial charge in [0.1, 0.15) is 0 Å². The van der Waals surface area contributed by atoms with Crippen LogP contribution in [0.5, 0.6) is 0 Å². The highest BCUT2D eigenvalue weighted by molar-refractivity contribution is 6.58. The molecule has 0 amide bonds. The molecule has 0 aromatic heterocycles. The van der Waals surface area contributed by atoms with Crippen LogP contribution < -0.4 is 11.2 Å². The Morgan fingerprint density at radius 2 is 1.76 bits per heavy atom. The first-order valence-electron chi connectivity index (χ1n) is 9.42. The number of nitrogens with zero attached hydrogens (tertiary/aromatic N) is 2. The van der Waals surface area contributed by atoms with Gasteiger partial charge in [0.2, 0.25) is 0 Å². The maximum Gasteiger partial charge on any atom is 0.488 e. The van der Waals surface area contributed by atoms with Crippen LogP contribution in [-0.2, 0) is 6.54 Å². The Labute approximate surface area is 153 Å². The zero-order chi connectivity index (χ0) is 18.4. The van der Waals surface area contributed by atoms with Gasteiger partial charge in [0.05, 0.1) is 0 Å². The summed E-state index contributed by atoms with van der Waals surface area (Å²) in [7, 11) is -1.38. The molecule has 1 aromatic rings. The Morgan fingerprint density at radius 3 is 2.20 bits per heavy atom. The molecule has 1 aliphatic heterocycles. The Hall–Kier alpha value is -0.915. The summed E-state index contributed by atoms with van der Waals surface area (Å²) in [4.78, 5) is 4.93. The van der Waals surface area contributed by atoms with Crippen molar-refractivity contribution in [1.29, 1.82) is 0 Å². The van der Waals surface area contributed by atoms with Crippen LogP contribution in [0.25, 0.3) is 0 Å². The molecule has 2 aliphatic rings. The molecule has 0 unspecified atom stereocenters. The highest BCUT2D eigenvalue weighted by Crippen LogP contribution is 2.26. The van der Waals surface area contributed by atoms with Crippen molar-refractivity contribution in [1.82, 2.24) is 9.80 Å². The molecule has 2 fully saturated rings. The van der Waals surface area contributed by atoms with Crippen LogP contribution in [0.15, 0.2) is 24.3 Å². The second-order valence-corrected chi connectivity index (χ2v) is 8.23. The second-order valence-electron chi connectivity index (χ2n) is 8.23. The molecule has 3 rings (SSSR count). The Balaban J connectivity index is 0.000000386. The average Bonchev–Trinajstić information content (AvgIpc) is 3.40. The van der Waals surface area contributed by atoms with E-state index < -0.39 is 7.12 Å². The molecule has 1 aliphatic carbocycles. The van der Waals surface area contributed by atoms with Crippen molar-refractivity contribution in [3.8, 4) is 0 Å². The highest BCUT2D eigenvalue weighted by atomic mass is 16.4. The van der Waals surface area contributed by atoms with Crippen molar-refractivity contribution in [2.45, 2.75) is 45.7 Å². The molecule has 1 aromatic carbocycles. The number of benzene rings is 1. The number of rotatable bonds is 4. The Kier molecular flexibility index (Phi) is 7.46. The lowest BCUT2D eigenvalue weighted by Crippen LogP contribution is -2.53. The highest BCUT2D eigenvalue weighted by Gasteiger charge is 2.25. The van der Waals surface area contributed by atoms with E-state index >= 15 is 0 Å². The normalized spacial score (nSPS) is 19.3. The summed E-state index contributed by atoms with van der Waals surface area (Å²) >= 11 is 0. The van der Waals surface area contributed by atoms with Crippen molar-refractivity contribution in [3.05, 3.63) is 29.8 Å². The van der Waals surface area contributed by atoms with Crippen molar-refractivity contribution in [2.75, 3.05) is 32.7 Å². The zero-order valence-corrected chi connectivity index (χ0v) is 16.0. The third-order valence-corrected chi connectivity index (χ3v) is 5.01. The molecule has 5 nitrogen and oxygen atoms in total. The summed E-state index contributed by atoms with van der Waals surface area (Å²) in [6.07, 6.45) is 2.77. The van der Waals surface area contributed by atoms with Gasteiger partial charge in [0.25, 0.3) is 0 Å². The lowest BCUT2D eigenvalue weighted by atomic mass is 9.79. The summed E-state index contributed by atoms with van der Waals surface area (Å²) in [6.45, 7) is 12.9. The summed E-state index contributed by atoms with van der Waals surface area (Å²) in [6, 6.07) is 7.55. The first kappa shape index (κ1) is 20.4. The van der Waals surface area contributed by atoms with E-state index in [0.29, 0.717) is 5.46 Å². The van der Waals surface area contributed by atoms with Gasteiger partial charge in [-0.15, -0.1) is 0 Å². The van der Waals surface area contributed by atoms with Gasteiger partial charge in [-0.2, -0.15) is 0 Å². The average molecular weight is 347 g/mol. The molecular weight excluding hydrogens is 313 g/mol. The van der Waals surface area contributed by atoms with Gasteiger partial charge in [-0.1, -0.05) is 24.3 Å². The molecule has 0 radical (unpaired) electrons. The smallest absolute Gasteiger partial charge is 0.423 e. The first-order chi connectivity index (χ1) is 11.8. The van der Waals surface area contributed by atoms with Gasteiger partial charge >= 0.3 is 7.12 Å². The van der Waals surface area contributed by atoms with Crippen molar-refractivity contribution >= 4 is 12.6 Å². The fourth-order valence-corrected chi connectivity index (χ4v) is 3.04. The predicted molar refractivity (Wildman–Crippen MR) is 105 cm³/mol. The SMILES string of the molecule is CC(C)(C)N1CCN(Cc2cccc(B(O)O)c2)CC1.NCC1CC1. The van der Waals surface area contributed by atoms with E-state index in [1.807, 2.05) is 18.2 Å². The van der Waals surface area contributed by atoms with Crippen LogP contribution in [0, 0.1) is 5.92 Å². The third kappa shape index (κ3) is 7.08. The minimum Gasteiger partial charge on any atom is -0.423 e. The summed E-state index contributed by atoms with van der Waals surface area (Å²) in [5.41, 5.74) is 7.18. The van der Waals surface area contributed by atoms with E-state index in [-0.39, 0.29) is 5.54 Å². The number of piperazine rings is 1. The van der Waals surface area contributed by atoms with E-state index in [2.05, 4.69) is 30.6 Å². The van der Waals surface area contributed by atoms with Crippen LogP contribution in [0.1, 0.15) is 39.2 Å². The third-order valence-electron chi connectivity index (χ3n) is 5.01. The quantitative estimate of drug-likeness (QED) is 0.697. The fraction of sp³-hybridized carbons (Fsp3) is 0.684. The molecule has 1 saturated heterocycles. The largest absolute Gasteiger partial charge is 0.488 e. The maximum absolute atomic E-state index is 9.21. The standard InChI is InChI=1S/C15H25BN2O2.C4H9N/c1-15(2,3)18-9-7-17(8-10-18)12-13-5-4-6-14(11-13)16(19)20;5-3-4-1-2-4/h4-6,11,19-20H,7-10,12H2,1-3H3;4H,1-3,5H2. The monoisotopic (exact) mass is 347 g/mol. The van der Waals surface area contributed by atoms with E-state index in [4.69, 9.17) is 5.73 Å².